The highest BCUT2D eigenvalue weighted by Crippen LogP contribution is 2.28. The summed E-state index contributed by atoms with van der Waals surface area (Å²) in [5.41, 5.74) is -0.647. The van der Waals surface area contributed by atoms with Crippen molar-refractivity contribution in [2.75, 3.05) is 19.7 Å². The molecule has 0 amide bonds. The third-order valence-corrected chi connectivity index (χ3v) is 6.65. The maximum absolute atomic E-state index is 13.1. The van der Waals surface area contributed by atoms with Gasteiger partial charge in [-0.15, -0.1) is 0 Å². The lowest BCUT2D eigenvalue weighted by molar-refractivity contribution is -0.149. The van der Waals surface area contributed by atoms with Crippen LogP contribution in [0.4, 0.5) is 0 Å². The van der Waals surface area contributed by atoms with E-state index in [9.17, 15) is 22.8 Å². The predicted molar refractivity (Wildman–Crippen MR) is 98.0 cm³/mol. The van der Waals surface area contributed by atoms with E-state index in [0.717, 1.165) is 0 Å². The topological polar surface area (TPSA) is 129 Å². The molecule has 2 N–H and O–H groups in total. The molecule has 0 spiro atoms. The van der Waals surface area contributed by atoms with Gasteiger partial charge in [-0.25, -0.2) is 8.42 Å². The summed E-state index contributed by atoms with van der Waals surface area (Å²) in [4.78, 5) is 39.8. The molecule has 1 fully saturated rings. The minimum atomic E-state index is -3.88. The number of carbonyl (C=O) groups excluding carboxylic acids is 1. The van der Waals surface area contributed by atoms with Gasteiger partial charge in [0, 0.05) is 13.1 Å². The van der Waals surface area contributed by atoms with Crippen LogP contribution in [0, 0.1) is 12.8 Å². The Kier molecular flexibility index (Phi) is 5.20. The predicted octanol–water partition coefficient (Wildman–Crippen LogP) is 0.489. The number of benzene rings is 1. The van der Waals surface area contributed by atoms with Crippen molar-refractivity contribution >= 4 is 27.0 Å². The van der Waals surface area contributed by atoms with Crippen LogP contribution in [0.15, 0.2) is 26.6 Å². The van der Waals surface area contributed by atoms with Crippen molar-refractivity contribution in [1.29, 1.82) is 0 Å². The standard InChI is InChI=1S/C17H21N3O6S/c1-3-26-17(23)11-5-4-6-20(9-11)27(24,25)14-8-13-12(7-10(14)2)18-15(21)16(22)19-13/h7-8,11H,3-6,9H2,1-2H3,(H,18,21)(H,19,22)/t11-/m1/s1. The van der Waals surface area contributed by atoms with Crippen LogP contribution in [0.1, 0.15) is 25.3 Å². The lowest BCUT2D eigenvalue weighted by atomic mass is 10.0. The first kappa shape index (κ1) is 19.3. The molecule has 1 aliphatic heterocycles. The Morgan fingerprint density at radius 1 is 1.22 bits per heavy atom. The Balaban J connectivity index is 2.00. The Labute approximate surface area is 155 Å². The molecule has 0 unspecified atom stereocenters. The fourth-order valence-corrected chi connectivity index (χ4v) is 5.04. The summed E-state index contributed by atoms with van der Waals surface area (Å²) in [6.45, 7) is 3.93. The van der Waals surface area contributed by atoms with E-state index in [1.54, 1.807) is 13.8 Å². The fourth-order valence-electron chi connectivity index (χ4n) is 3.28. The maximum Gasteiger partial charge on any atom is 0.314 e. The molecule has 0 radical (unpaired) electrons. The van der Waals surface area contributed by atoms with Gasteiger partial charge in [0.2, 0.25) is 10.0 Å². The number of piperidine rings is 1. The van der Waals surface area contributed by atoms with E-state index in [-0.39, 0.29) is 23.6 Å². The van der Waals surface area contributed by atoms with Crippen molar-refractivity contribution < 1.29 is 17.9 Å². The van der Waals surface area contributed by atoms with Gasteiger partial charge in [-0.1, -0.05) is 0 Å². The molecule has 27 heavy (non-hydrogen) atoms. The quantitative estimate of drug-likeness (QED) is 0.572. The second-order valence-corrected chi connectivity index (χ2v) is 8.43. The SMILES string of the molecule is CCOC(=O)[C@@H]1CCCN(S(=O)(=O)c2cc3[nH]c(=O)c(=O)[nH]c3cc2C)C1. The molecule has 1 aromatic carbocycles. The van der Waals surface area contributed by atoms with E-state index in [0.29, 0.717) is 30.5 Å². The van der Waals surface area contributed by atoms with Crippen molar-refractivity contribution in [3.8, 4) is 0 Å². The van der Waals surface area contributed by atoms with E-state index in [1.807, 2.05) is 0 Å². The second kappa shape index (κ2) is 7.28. The van der Waals surface area contributed by atoms with Gasteiger partial charge in [-0.05, 0) is 44.4 Å². The minimum Gasteiger partial charge on any atom is -0.466 e. The molecule has 1 aromatic heterocycles. The summed E-state index contributed by atoms with van der Waals surface area (Å²) < 4.78 is 32.6. The van der Waals surface area contributed by atoms with Crippen LogP contribution in [0.5, 0.6) is 0 Å². The number of ether oxygens (including phenoxy) is 1. The van der Waals surface area contributed by atoms with Crippen LogP contribution in [0.3, 0.4) is 0 Å². The van der Waals surface area contributed by atoms with Crippen LogP contribution in [-0.4, -0.2) is 48.4 Å². The number of H-pyrrole nitrogens is 2. The van der Waals surface area contributed by atoms with Crippen LogP contribution in [0.25, 0.3) is 11.0 Å². The molecule has 1 atom stereocenters. The van der Waals surface area contributed by atoms with E-state index in [4.69, 9.17) is 4.74 Å². The number of esters is 1. The third kappa shape index (κ3) is 3.67. The zero-order valence-electron chi connectivity index (χ0n) is 15.1. The van der Waals surface area contributed by atoms with E-state index >= 15 is 0 Å². The number of aromatic nitrogens is 2. The largest absolute Gasteiger partial charge is 0.466 e. The van der Waals surface area contributed by atoms with Gasteiger partial charge in [0.15, 0.2) is 0 Å². The van der Waals surface area contributed by atoms with Crippen molar-refractivity contribution in [1.82, 2.24) is 14.3 Å². The Hall–Kier alpha value is -2.46. The molecular formula is C17H21N3O6S. The van der Waals surface area contributed by atoms with E-state index in [2.05, 4.69) is 9.97 Å². The molecule has 2 heterocycles. The summed E-state index contributed by atoms with van der Waals surface area (Å²) in [5, 5.41) is 0. The number of aryl methyl sites for hydroxylation is 1. The molecule has 0 saturated carbocycles. The fraction of sp³-hybridized carbons (Fsp3) is 0.471. The van der Waals surface area contributed by atoms with Gasteiger partial charge in [0.1, 0.15) is 0 Å². The lowest BCUT2D eigenvalue weighted by Gasteiger charge is -2.31. The number of rotatable bonds is 4. The number of aromatic amines is 2. The average molecular weight is 395 g/mol. The first-order valence-corrected chi connectivity index (χ1v) is 10.1. The van der Waals surface area contributed by atoms with E-state index in [1.165, 1.54) is 16.4 Å². The highest BCUT2D eigenvalue weighted by atomic mass is 32.2. The number of nitrogens with one attached hydrogen (secondary N) is 2. The van der Waals surface area contributed by atoms with Crippen molar-refractivity contribution in [2.24, 2.45) is 5.92 Å². The monoisotopic (exact) mass is 395 g/mol. The first-order chi connectivity index (χ1) is 12.7. The van der Waals surface area contributed by atoms with Crippen molar-refractivity contribution in [2.45, 2.75) is 31.6 Å². The molecule has 3 rings (SSSR count). The lowest BCUT2D eigenvalue weighted by Crippen LogP contribution is -2.43. The van der Waals surface area contributed by atoms with Crippen molar-refractivity contribution in [3.05, 3.63) is 38.4 Å². The van der Waals surface area contributed by atoms with Crippen LogP contribution in [-0.2, 0) is 19.6 Å². The number of sulfonamides is 1. The molecule has 1 aliphatic rings. The number of nitrogens with zero attached hydrogens (tertiary/aromatic N) is 1. The van der Waals surface area contributed by atoms with E-state index < -0.39 is 33.0 Å². The van der Waals surface area contributed by atoms with Gasteiger partial charge in [-0.3, -0.25) is 14.4 Å². The summed E-state index contributed by atoms with van der Waals surface area (Å²) in [7, 11) is -3.88. The van der Waals surface area contributed by atoms with Crippen LogP contribution in [0.2, 0.25) is 0 Å². The van der Waals surface area contributed by atoms with Gasteiger partial charge < -0.3 is 14.7 Å². The summed E-state index contributed by atoms with van der Waals surface area (Å²) in [6.07, 6.45) is 1.13. The second-order valence-electron chi connectivity index (χ2n) is 6.53. The minimum absolute atomic E-state index is 0.0298. The third-order valence-electron chi connectivity index (χ3n) is 4.64. The Bertz CT molecular complexity index is 1100. The van der Waals surface area contributed by atoms with Gasteiger partial charge in [0.25, 0.3) is 0 Å². The van der Waals surface area contributed by atoms with Crippen LogP contribution < -0.4 is 11.1 Å². The number of fused-ring (bicyclic) bond motifs is 1. The number of hydrogen-bond acceptors (Lipinski definition) is 6. The molecule has 0 bridgehead atoms. The highest BCUT2D eigenvalue weighted by molar-refractivity contribution is 7.89. The number of carbonyl (C=O) groups is 1. The molecule has 146 valence electrons. The smallest absolute Gasteiger partial charge is 0.314 e. The Morgan fingerprint density at radius 2 is 1.85 bits per heavy atom. The zero-order chi connectivity index (χ0) is 19.8. The molecule has 1 saturated heterocycles. The normalized spacial score (nSPS) is 18.5. The van der Waals surface area contributed by atoms with Crippen molar-refractivity contribution in [3.63, 3.8) is 0 Å². The van der Waals surface area contributed by atoms with Crippen LogP contribution >= 0.6 is 0 Å². The molecule has 10 heteroatoms. The zero-order valence-corrected chi connectivity index (χ0v) is 15.9. The summed E-state index contributed by atoms with van der Waals surface area (Å²) in [5.74, 6) is -0.889. The average Bonchev–Trinajstić information content (AvgIpc) is 2.63. The molecule has 0 aliphatic carbocycles. The highest BCUT2D eigenvalue weighted by Gasteiger charge is 2.34. The van der Waals surface area contributed by atoms with Gasteiger partial charge in [-0.2, -0.15) is 4.31 Å². The maximum atomic E-state index is 13.1. The van der Waals surface area contributed by atoms with Gasteiger partial charge >= 0.3 is 17.1 Å². The first-order valence-electron chi connectivity index (χ1n) is 8.67. The Morgan fingerprint density at radius 3 is 2.48 bits per heavy atom. The summed E-state index contributed by atoms with van der Waals surface area (Å²) in [6, 6.07) is 2.84. The molecular weight excluding hydrogens is 374 g/mol. The molecule has 2 aromatic rings. The summed E-state index contributed by atoms with van der Waals surface area (Å²) >= 11 is 0. The van der Waals surface area contributed by atoms with Gasteiger partial charge in [0.05, 0.1) is 28.5 Å². The molecule has 9 nitrogen and oxygen atoms in total. The number of hydrogen-bond donors (Lipinski definition) is 2.